The van der Waals surface area contributed by atoms with E-state index >= 15 is 0 Å². The molecule has 2 amide bonds. The third-order valence-corrected chi connectivity index (χ3v) is 4.03. The summed E-state index contributed by atoms with van der Waals surface area (Å²) >= 11 is 0. The van der Waals surface area contributed by atoms with Crippen LogP contribution >= 0.6 is 0 Å². The van der Waals surface area contributed by atoms with Crippen LogP contribution in [0.4, 0.5) is 26.7 Å². The molecule has 1 aliphatic rings. The molecule has 0 aliphatic heterocycles. The Morgan fingerprint density at radius 3 is 2.65 bits per heavy atom. The highest BCUT2D eigenvalue weighted by atomic mass is 19.4. The molecule has 2 rings (SSSR count). The quantitative estimate of drug-likeness (QED) is 0.633. The van der Waals surface area contributed by atoms with Crippen LogP contribution < -0.4 is 15.4 Å². The molecule has 1 atom stereocenters. The number of halogens is 5. The third-order valence-electron chi connectivity index (χ3n) is 4.03. The van der Waals surface area contributed by atoms with Gasteiger partial charge in [0, 0.05) is 24.9 Å². The molecule has 26 heavy (non-hydrogen) atoms. The first kappa shape index (κ1) is 20.1. The summed E-state index contributed by atoms with van der Waals surface area (Å²) in [6.07, 6.45) is -3.38. The van der Waals surface area contributed by atoms with Crippen LogP contribution in [0.5, 0.6) is 5.88 Å². The number of rotatable bonds is 7. The minimum Gasteiger partial charge on any atom is -0.417 e. The summed E-state index contributed by atoms with van der Waals surface area (Å²) < 4.78 is 66.0. The molecule has 1 heterocycles. The van der Waals surface area contributed by atoms with Crippen molar-refractivity contribution in [3.8, 4) is 5.88 Å². The van der Waals surface area contributed by atoms with Gasteiger partial charge in [0.25, 0.3) is 0 Å². The van der Waals surface area contributed by atoms with Gasteiger partial charge in [-0.3, -0.25) is 0 Å². The summed E-state index contributed by atoms with van der Waals surface area (Å²) in [5.41, 5.74) is 0.363. The number of alkyl halides is 5. The second kappa shape index (κ2) is 8.47. The molecule has 1 fully saturated rings. The lowest BCUT2D eigenvalue weighted by Gasteiger charge is -2.37. The van der Waals surface area contributed by atoms with E-state index in [1.165, 1.54) is 18.3 Å². The normalized spacial score (nSPS) is 21.0. The Hall–Kier alpha value is -2.17. The van der Waals surface area contributed by atoms with Crippen LogP contribution in [0.1, 0.15) is 30.9 Å². The number of carbonyl (C=O) groups is 1. The van der Waals surface area contributed by atoms with Crippen LogP contribution in [0.25, 0.3) is 0 Å². The molecule has 1 aromatic rings. The number of pyridine rings is 1. The fourth-order valence-corrected chi connectivity index (χ4v) is 2.64. The van der Waals surface area contributed by atoms with Gasteiger partial charge in [-0.25, -0.2) is 9.78 Å². The first-order chi connectivity index (χ1) is 12.2. The van der Waals surface area contributed by atoms with Crippen molar-refractivity contribution in [1.82, 2.24) is 15.6 Å². The SMILES string of the molecule is O=C(NC(CCO)c1ccnc(OC(F)F)c1)N[C@H]1C[C@H](C(F)(F)F)C1. The van der Waals surface area contributed by atoms with Crippen molar-refractivity contribution in [3.63, 3.8) is 0 Å². The molecule has 1 unspecified atom stereocenters. The van der Waals surface area contributed by atoms with Gasteiger partial charge in [0.2, 0.25) is 5.88 Å². The fraction of sp³-hybridized carbons (Fsp3) is 0.600. The predicted octanol–water partition coefficient (Wildman–Crippen LogP) is 2.75. The molecule has 6 nitrogen and oxygen atoms in total. The van der Waals surface area contributed by atoms with Gasteiger partial charge >= 0.3 is 18.8 Å². The molecule has 0 radical (unpaired) electrons. The lowest BCUT2D eigenvalue weighted by atomic mass is 9.80. The van der Waals surface area contributed by atoms with Crippen molar-refractivity contribution >= 4 is 6.03 Å². The number of ether oxygens (including phenoxy) is 1. The van der Waals surface area contributed by atoms with E-state index in [1.807, 2.05) is 0 Å². The largest absolute Gasteiger partial charge is 0.417 e. The van der Waals surface area contributed by atoms with Crippen molar-refractivity contribution in [2.75, 3.05) is 6.61 Å². The first-order valence-electron chi connectivity index (χ1n) is 7.84. The van der Waals surface area contributed by atoms with E-state index in [-0.39, 0.29) is 31.7 Å². The van der Waals surface area contributed by atoms with E-state index in [0.717, 1.165) is 0 Å². The smallest absolute Gasteiger partial charge is 0.391 e. The highest BCUT2D eigenvalue weighted by Crippen LogP contribution is 2.40. The fourth-order valence-electron chi connectivity index (χ4n) is 2.64. The topological polar surface area (TPSA) is 83.5 Å². The Morgan fingerprint density at radius 1 is 1.38 bits per heavy atom. The van der Waals surface area contributed by atoms with E-state index in [1.54, 1.807) is 0 Å². The van der Waals surface area contributed by atoms with Gasteiger partial charge in [0.05, 0.1) is 12.0 Å². The van der Waals surface area contributed by atoms with Crippen molar-refractivity contribution in [2.24, 2.45) is 5.92 Å². The van der Waals surface area contributed by atoms with Crippen molar-refractivity contribution < 1.29 is 36.6 Å². The molecule has 146 valence electrons. The number of aliphatic hydroxyl groups excluding tert-OH is 1. The highest BCUT2D eigenvalue weighted by Gasteiger charge is 2.48. The maximum atomic E-state index is 12.4. The molecule has 1 saturated carbocycles. The Bertz CT molecular complexity index is 608. The maximum absolute atomic E-state index is 12.4. The standard InChI is InChI=1S/C15H18F5N3O3/c16-13(17)26-12-5-8(1-3-21-12)11(2-4-24)23-14(25)22-10-6-9(7-10)15(18,19)20/h1,3,5,9-11,13,24H,2,4,6-7H2,(H2,22,23,25)/t9-,10-,11?. The molecule has 0 saturated heterocycles. The molecule has 0 aromatic carbocycles. The molecule has 11 heteroatoms. The Morgan fingerprint density at radius 2 is 2.08 bits per heavy atom. The van der Waals surface area contributed by atoms with Crippen molar-refractivity contribution in [2.45, 2.75) is 44.1 Å². The Balaban J connectivity index is 1.92. The zero-order valence-corrected chi connectivity index (χ0v) is 13.5. The minimum atomic E-state index is -4.27. The van der Waals surface area contributed by atoms with Gasteiger partial charge in [-0.1, -0.05) is 0 Å². The Kier molecular flexibility index (Phi) is 6.57. The van der Waals surface area contributed by atoms with Crippen LogP contribution in [0.3, 0.4) is 0 Å². The number of amides is 2. The summed E-state index contributed by atoms with van der Waals surface area (Å²) in [6, 6.07) is 0.591. The van der Waals surface area contributed by atoms with E-state index in [0.29, 0.717) is 5.56 Å². The average Bonchev–Trinajstić information content (AvgIpc) is 2.48. The van der Waals surface area contributed by atoms with Crippen LogP contribution in [-0.2, 0) is 0 Å². The Labute approximate surface area is 145 Å². The number of hydrogen-bond donors (Lipinski definition) is 3. The van der Waals surface area contributed by atoms with E-state index in [9.17, 15) is 26.7 Å². The zero-order chi connectivity index (χ0) is 19.3. The molecule has 3 N–H and O–H groups in total. The molecule has 0 bridgehead atoms. The van der Waals surface area contributed by atoms with Gasteiger partial charge in [0.1, 0.15) is 0 Å². The van der Waals surface area contributed by atoms with Gasteiger partial charge < -0.3 is 20.5 Å². The maximum Gasteiger partial charge on any atom is 0.391 e. The van der Waals surface area contributed by atoms with Crippen LogP contribution in [0.2, 0.25) is 0 Å². The molecular formula is C15H18F5N3O3. The summed E-state index contributed by atoms with van der Waals surface area (Å²) in [7, 11) is 0. The van der Waals surface area contributed by atoms with E-state index < -0.39 is 36.8 Å². The van der Waals surface area contributed by atoms with Crippen molar-refractivity contribution in [1.29, 1.82) is 0 Å². The van der Waals surface area contributed by atoms with E-state index in [4.69, 9.17) is 5.11 Å². The number of nitrogens with one attached hydrogen (secondary N) is 2. The number of aromatic nitrogens is 1. The predicted molar refractivity (Wildman–Crippen MR) is 79.5 cm³/mol. The molecule has 1 aromatic heterocycles. The molecule has 0 spiro atoms. The lowest BCUT2D eigenvalue weighted by molar-refractivity contribution is -0.198. The molecular weight excluding hydrogens is 365 g/mol. The van der Waals surface area contributed by atoms with Gasteiger partial charge in [-0.2, -0.15) is 22.0 Å². The summed E-state index contributed by atoms with van der Waals surface area (Å²) in [6.45, 7) is -3.37. The lowest BCUT2D eigenvalue weighted by Crippen LogP contribution is -2.52. The third kappa shape index (κ3) is 5.68. The number of urea groups is 1. The van der Waals surface area contributed by atoms with E-state index in [2.05, 4.69) is 20.4 Å². The van der Waals surface area contributed by atoms with Crippen molar-refractivity contribution in [3.05, 3.63) is 23.9 Å². The first-order valence-corrected chi connectivity index (χ1v) is 7.84. The van der Waals surface area contributed by atoms with Gasteiger partial charge in [-0.05, 0) is 30.9 Å². The second-order valence-electron chi connectivity index (χ2n) is 5.90. The zero-order valence-electron chi connectivity index (χ0n) is 13.5. The monoisotopic (exact) mass is 383 g/mol. The van der Waals surface area contributed by atoms with Gasteiger partial charge in [-0.15, -0.1) is 0 Å². The summed E-state index contributed by atoms with van der Waals surface area (Å²) in [4.78, 5) is 15.6. The van der Waals surface area contributed by atoms with Crippen LogP contribution in [0.15, 0.2) is 18.3 Å². The highest BCUT2D eigenvalue weighted by molar-refractivity contribution is 5.75. The van der Waals surface area contributed by atoms with Gasteiger partial charge in [0.15, 0.2) is 0 Å². The number of nitrogens with zero attached hydrogens (tertiary/aromatic N) is 1. The minimum absolute atomic E-state index is 0.0708. The summed E-state index contributed by atoms with van der Waals surface area (Å²) in [5, 5.41) is 14.1. The average molecular weight is 383 g/mol. The number of carbonyl (C=O) groups excluding carboxylic acids is 1. The second-order valence-corrected chi connectivity index (χ2v) is 5.90. The molecule has 1 aliphatic carbocycles. The number of hydrogen-bond acceptors (Lipinski definition) is 4. The van der Waals surface area contributed by atoms with Crippen LogP contribution in [0, 0.1) is 5.92 Å². The summed E-state index contributed by atoms with van der Waals surface area (Å²) in [5.74, 6) is -1.77. The van der Waals surface area contributed by atoms with Crippen LogP contribution in [-0.4, -0.2) is 41.6 Å². The number of aliphatic hydroxyl groups is 1.